The number of rotatable bonds is 5. The number of carbonyl (C=O) groups is 2. The molecule has 126 valence electrons. The summed E-state index contributed by atoms with van der Waals surface area (Å²) in [6.07, 6.45) is 0. The first-order valence-corrected chi connectivity index (χ1v) is 7.90. The minimum absolute atomic E-state index is 0.0834. The number of hydrogen-bond acceptors (Lipinski definition) is 6. The lowest BCUT2D eigenvalue weighted by Crippen LogP contribution is -2.14. The van der Waals surface area contributed by atoms with E-state index in [0.29, 0.717) is 10.1 Å². The first-order valence-electron chi connectivity index (χ1n) is 7.08. The van der Waals surface area contributed by atoms with E-state index >= 15 is 0 Å². The molecule has 0 saturated heterocycles. The number of nitro groups is 1. The fraction of sp³-hybridized carbons (Fsp3) is 0.0588. The molecule has 1 heterocycles. The summed E-state index contributed by atoms with van der Waals surface area (Å²) >= 11 is 1.09. The summed E-state index contributed by atoms with van der Waals surface area (Å²) in [5, 5.41) is 11.3. The van der Waals surface area contributed by atoms with E-state index in [4.69, 9.17) is 4.74 Å². The van der Waals surface area contributed by atoms with Crippen LogP contribution in [0.2, 0.25) is 0 Å². The minimum Gasteiger partial charge on any atom is -0.453 e. The molecule has 0 fully saturated rings. The predicted octanol–water partition coefficient (Wildman–Crippen LogP) is 3.99. The van der Waals surface area contributed by atoms with Gasteiger partial charge in [-0.15, -0.1) is 11.3 Å². The summed E-state index contributed by atoms with van der Waals surface area (Å²) in [5.74, 6) is -2.07. The molecule has 0 amide bonds. The molecular weight excluding hydrogens is 349 g/mol. The summed E-state index contributed by atoms with van der Waals surface area (Å²) in [7, 11) is 0. The van der Waals surface area contributed by atoms with Gasteiger partial charge < -0.3 is 4.74 Å². The van der Waals surface area contributed by atoms with Crippen molar-refractivity contribution >= 4 is 38.9 Å². The number of nitrogens with zero attached hydrogens (tertiary/aromatic N) is 1. The fourth-order valence-electron chi connectivity index (χ4n) is 2.21. The van der Waals surface area contributed by atoms with Crippen molar-refractivity contribution in [2.75, 3.05) is 6.61 Å². The molecule has 25 heavy (non-hydrogen) atoms. The van der Waals surface area contributed by atoms with Crippen molar-refractivity contribution in [1.82, 2.24) is 0 Å². The second-order valence-corrected chi connectivity index (χ2v) is 6.15. The van der Waals surface area contributed by atoms with Crippen LogP contribution in [-0.2, 0) is 4.74 Å². The largest absolute Gasteiger partial charge is 0.453 e. The van der Waals surface area contributed by atoms with Crippen molar-refractivity contribution in [2.24, 2.45) is 0 Å². The van der Waals surface area contributed by atoms with Gasteiger partial charge in [-0.05, 0) is 24.3 Å². The first kappa shape index (κ1) is 16.7. The van der Waals surface area contributed by atoms with Gasteiger partial charge in [0.25, 0.3) is 5.69 Å². The number of thiophene rings is 1. The normalized spacial score (nSPS) is 10.6. The Morgan fingerprint density at radius 3 is 2.64 bits per heavy atom. The van der Waals surface area contributed by atoms with E-state index in [1.165, 1.54) is 36.4 Å². The molecule has 0 bridgehead atoms. The Morgan fingerprint density at radius 1 is 1.16 bits per heavy atom. The van der Waals surface area contributed by atoms with Gasteiger partial charge in [0.05, 0.1) is 10.5 Å². The highest BCUT2D eigenvalue weighted by Gasteiger charge is 2.17. The van der Waals surface area contributed by atoms with Crippen LogP contribution in [0.4, 0.5) is 10.1 Å². The molecule has 2 aromatic carbocycles. The Bertz CT molecular complexity index is 998. The molecule has 0 aliphatic carbocycles. The van der Waals surface area contributed by atoms with Crippen LogP contribution in [0.25, 0.3) is 10.1 Å². The lowest BCUT2D eigenvalue weighted by molar-refractivity contribution is -0.384. The maximum Gasteiger partial charge on any atom is 0.348 e. The van der Waals surface area contributed by atoms with E-state index in [0.717, 1.165) is 17.4 Å². The van der Waals surface area contributed by atoms with E-state index in [1.807, 2.05) is 0 Å². The highest BCUT2D eigenvalue weighted by Crippen LogP contribution is 2.29. The zero-order valence-corrected chi connectivity index (χ0v) is 13.4. The Morgan fingerprint density at radius 2 is 1.92 bits per heavy atom. The molecule has 0 radical (unpaired) electrons. The number of ether oxygens (including phenoxy) is 1. The second-order valence-electron chi connectivity index (χ2n) is 5.07. The molecular formula is C17H10FNO5S. The van der Waals surface area contributed by atoms with Crippen LogP contribution < -0.4 is 0 Å². The number of fused-ring (bicyclic) bond motifs is 1. The second kappa shape index (κ2) is 6.78. The van der Waals surface area contributed by atoms with Gasteiger partial charge in [0.2, 0.25) is 5.78 Å². The van der Waals surface area contributed by atoms with Gasteiger partial charge in [-0.1, -0.05) is 12.1 Å². The maximum absolute atomic E-state index is 13.5. The van der Waals surface area contributed by atoms with E-state index in [9.17, 15) is 24.1 Å². The number of Topliss-reactive ketones (excluding diaryl/α,β-unsaturated/α-hetero) is 1. The lowest BCUT2D eigenvalue weighted by atomic mass is 10.1. The molecule has 0 atom stereocenters. The third-order valence-corrected chi connectivity index (χ3v) is 4.52. The van der Waals surface area contributed by atoms with Gasteiger partial charge in [0.1, 0.15) is 10.7 Å². The average Bonchev–Trinajstić information content (AvgIpc) is 3.03. The zero-order chi connectivity index (χ0) is 18.0. The summed E-state index contributed by atoms with van der Waals surface area (Å²) in [5.41, 5.74) is -0.234. The monoisotopic (exact) mass is 359 g/mol. The molecule has 0 unspecified atom stereocenters. The van der Waals surface area contributed by atoms with Crippen molar-refractivity contribution in [3.63, 3.8) is 0 Å². The van der Waals surface area contributed by atoms with Crippen molar-refractivity contribution in [3.8, 4) is 0 Å². The Balaban J connectivity index is 1.73. The summed E-state index contributed by atoms with van der Waals surface area (Å²) in [6, 6.07) is 11.1. The van der Waals surface area contributed by atoms with E-state index in [1.54, 1.807) is 6.07 Å². The standard InChI is InChI=1S/C17H10FNO5S/c18-13-4-2-1-3-12(13)14(20)9-24-17(21)16-8-10-7-11(19(22)23)5-6-15(10)25-16/h1-8H,9H2. The molecule has 0 N–H and O–H groups in total. The SMILES string of the molecule is O=C(OCC(=O)c1ccccc1F)c1cc2cc([N+](=O)[O-])ccc2s1. The van der Waals surface area contributed by atoms with E-state index in [-0.39, 0.29) is 16.1 Å². The van der Waals surface area contributed by atoms with E-state index < -0.39 is 29.1 Å². The highest BCUT2D eigenvalue weighted by molar-refractivity contribution is 7.20. The number of hydrogen-bond donors (Lipinski definition) is 0. The molecule has 8 heteroatoms. The third kappa shape index (κ3) is 3.53. The van der Waals surface area contributed by atoms with Crippen LogP contribution in [0.5, 0.6) is 0 Å². The number of carbonyl (C=O) groups excluding carboxylic acids is 2. The van der Waals surface area contributed by atoms with Gasteiger partial charge in [0.15, 0.2) is 6.61 Å². The first-order chi connectivity index (χ1) is 12.0. The molecule has 0 spiro atoms. The summed E-state index contributed by atoms with van der Waals surface area (Å²) < 4.78 is 19.1. The van der Waals surface area contributed by atoms with Crippen LogP contribution in [0.1, 0.15) is 20.0 Å². The minimum atomic E-state index is -0.742. The highest BCUT2D eigenvalue weighted by atomic mass is 32.1. The number of nitro benzene ring substituents is 1. The van der Waals surface area contributed by atoms with Crippen LogP contribution >= 0.6 is 11.3 Å². The topological polar surface area (TPSA) is 86.5 Å². The van der Waals surface area contributed by atoms with Gasteiger partial charge >= 0.3 is 5.97 Å². The van der Waals surface area contributed by atoms with Crippen LogP contribution in [0, 0.1) is 15.9 Å². The van der Waals surface area contributed by atoms with Crippen molar-refractivity contribution < 1.29 is 23.6 Å². The van der Waals surface area contributed by atoms with Gasteiger partial charge in [-0.3, -0.25) is 14.9 Å². The van der Waals surface area contributed by atoms with Crippen LogP contribution in [0.15, 0.2) is 48.5 Å². The molecule has 0 aliphatic heterocycles. The molecule has 1 aromatic heterocycles. The van der Waals surface area contributed by atoms with Crippen molar-refractivity contribution in [1.29, 1.82) is 0 Å². The van der Waals surface area contributed by atoms with Crippen molar-refractivity contribution in [3.05, 3.63) is 74.9 Å². The quantitative estimate of drug-likeness (QED) is 0.297. The number of non-ortho nitro benzene ring substituents is 1. The molecule has 3 aromatic rings. The van der Waals surface area contributed by atoms with Crippen LogP contribution in [0.3, 0.4) is 0 Å². The zero-order valence-electron chi connectivity index (χ0n) is 12.6. The number of benzene rings is 2. The third-order valence-electron chi connectivity index (χ3n) is 3.42. The lowest BCUT2D eigenvalue weighted by Gasteiger charge is -2.03. The van der Waals surface area contributed by atoms with Gasteiger partial charge in [-0.25, -0.2) is 9.18 Å². The summed E-state index contributed by atoms with van der Waals surface area (Å²) in [4.78, 5) is 34.4. The number of esters is 1. The maximum atomic E-state index is 13.5. The molecule has 0 saturated carbocycles. The molecule has 3 rings (SSSR count). The smallest absolute Gasteiger partial charge is 0.348 e. The van der Waals surface area contributed by atoms with E-state index in [2.05, 4.69) is 0 Å². The summed E-state index contributed by atoms with van der Waals surface area (Å²) in [6.45, 7) is -0.589. The Labute approximate surface area is 144 Å². The van der Waals surface area contributed by atoms with Gasteiger partial charge in [-0.2, -0.15) is 0 Å². The Hall–Kier alpha value is -3.13. The fourth-order valence-corrected chi connectivity index (χ4v) is 3.15. The van der Waals surface area contributed by atoms with Crippen molar-refractivity contribution in [2.45, 2.75) is 0 Å². The number of halogens is 1. The van der Waals surface area contributed by atoms with Crippen LogP contribution in [-0.4, -0.2) is 23.3 Å². The number of ketones is 1. The average molecular weight is 359 g/mol. The predicted molar refractivity (Wildman–Crippen MR) is 89.5 cm³/mol. The van der Waals surface area contributed by atoms with Gasteiger partial charge in [0, 0.05) is 22.2 Å². The molecule has 0 aliphatic rings. The Kier molecular flexibility index (Phi) is 4.53. The molecule has 6 nitrogen and oxygen atoms in total.